The molecule has 1 fully saturated rings. The zero-order valence-corrected chi connectivity index (χ0v) is 18.2. The van der Waals surface area contributed by atoms with E-state index in [-0.39, 0.29) is 11.7 Å². The topological polar surface area (TPSA) is 43.8 Å². The highest BCUT2D eigenvalue weighted by Crippen LogP contribution is 2.29. The van der Waals surface area contributed by atoms with Gasteiger partial charge in [0.15, 0.2) is 0 Å². The van der Waals surface area contributed by atoms with Crippen molar-refractivity contribution in [1.82, 2.24) is 9.80 Å². The van der Waals surface area contributed by atoms with E-state index >= 15 is 0 Å². The molecule has 0 aliphatic carbocycles. The number of carbonyl (C=O) groups excluding carboxylic acids is 1. The van der Waals surface area contributed by atoms with Gasteiger partial charge in [0.05, 0.1) is 5.56 Å². The number of alkyl halides is 3. The summed E-state index contributed by atoms with van der Waals surface area (Å²) in [6, 6.07) is 5.30. The summed E-state index contributed by atoms with van der Waals surface area (Å²) >= 11 is 0. The lowest BCUT2D eigenvalue weighted by Gasteiger charge is -2.34. The minimum atomic E-state index is -4.29. The van der Waals surface area contributed by atoms with E-state index in [0.29, 0.717) is 19.5 Å². The van der Waals surface area contributed by atoms with Crippen LogP contribution in [0.15, 0.2) is 73.1 Å². The Kier molecular flexibility index (Phi) is 10.8. The van der Waals surface area contributed by atoms with Crippen LogP contribution in [-0.2, 0) is 17.4 Å². The Labute approximate surface area is 182 Å². The first-order valence-electron chi connectivity index (χ1n) is 10.1. The number of rotatable bonds is 6. The van der Waals surface area contributed by atoms with Crippen molar-refractivity contribution in [2.45, 2.75) is 26.4 Å². The van der Waals surface area contributed by atoms with Crippen LogP contribution in [0.2, 0.25) is 0 Å². The van der Waals surface area contributed by atoms with E-state index in [1.165, 1.54) is 18.2 Å². The average molecular weight is 437 g/mol. The molecule has 0 unspecified atom stereocenters. The van der Waals surface area contributed by atoms with Gasteiger partial charge in [-0.15, -0.1) is 0 Å². The molecule has 0 radical (unpaired) electrons. The highest BCUT2D eigenvalue weighted by atomic mass is 19.4. The maximum Gasteiger partial charge on any atom is 0.416 e. The molecule has 0 bridgehead atoms. The number of aliphatic hydroxyl groups is 1. The zero-order chi connectivity index (χ0) is 23.4. The third-order valence-corrected chi connectivity index (χ3v) is 4.69. The number of aliphatic hydroxyl groups excluding tert-OH is 1. The second kappa shape index (κ2) is 12.8. The lowest BCUT2D eigenvalue weighted by Crippen LogP contribution is -2.48. The molecule has 1 amide bonds. The summed E-state index contributed by atoms with van der Waals surface area (Å²) in [6.45, 7) is 14.4. The summed E-state index contributed by atoms with van der Waals surface area (Å²) in [7, 11) is 0. The van der Waals surface area contributed by atoms with Crippen molar-refractivity contribution in [3.63, 3.8) is 0 Å². The van der Waals surface area contributed by atoms with E-state index in [1.54, 1.807) is 30.1 Å². The van der Waals surface area contributed by atoms with Crippen molar-refractivity contribution in [2.24, 2.45) is 0 Å². The average Bonchev–Trinajstić information content (AvgIpc) is 2.76. The first-order chi connectivity index (χ1) is 14.6. The molecule has 1 aliphatic rings. The van der Waals surface area contributed by atoms with Gasteiger partial charge in [-0.25, -0.2) is 0 Å². The van der Waals surface area contributed by atoms with Crippen molar-refractivity contribution in [3.8, 4) is 0 Å². The zero-order valence-electron chi connectivity index (χ0n) is 18.2. The van der Waals surface area contributed by atoms with Gasteiger partial charge in [-0.3, -0.25) is 9.69 Å². The van der Waals surface area contributed by atoms with E-state index in [0.717, 1.165) is 42.9 Å². The van der Waals surface area contributed by atoms with E-state index < -0.39 is 11.7 Å². The van der Waals surface area contributed by atoms with Crippen molar-refractivity contribution < 1.29 is 23.1 Å². The van der Waals surface area contributed by atoms with Crippen LogP contribution in [0.25, 0.3) is 0 Å². The van der Waals surface area contributed by atoms with Gasteiger partial charge in [0.2, 0.25) is 5.91 Å². The minimum Gasteiger partial charge on any atom is -0.508 e. The first-order valence-corrected chi connectivity index (χ1v) is 10.1. The van der Waals surface area contributed by atoms with Gasteiger partial charge in [0, 0.05) is 32.7 Å². The summed E-state index contributed by atoms with van der Waals surface area (Å²) in [5.41, 5.74) is 1.20. The molecule has 1 aliphatic heterocycles. The van der Waals surface area contributed by atoms with Crippen LogP contribution in [-0.4, -0.2) is 53.5 Å². The highest BCUT2D eigenvalue weighted by Gasteiger charge is 2.29. The quantitative estimate of drug-likeness (QED) is 0.381. The number of allylic oxidation sites excluding steroid dienone is 4. The van der Waals surface area contributed by atoms with Gasteiger partial charge >= 0.3 is 6.18 Å². The van der Waals surface area contributed by atoms with Gasteiger partial charge < -0.3 is 10.0 Å². The minimum absolute atomic E-state index is 0.0533. The number of amides is 1. The van der Waals surface area contributed by atoms with Crippen LogP contribution >= 0.6 is 0 Å². The normalized spacial score (nSPS) is 15.4. The molecular formula is C24H31F3N2O2. The molecule has 0 saturated carbocycles. The summed E-state index contributed by atoms with van der Waals surface area (Å²) < 4.78 is 37.4. The molecule has 1 N–H and O–H groups in total. The molecule has 1 aromatic carbocycles. The van der Waals surface area contributed by atoms with Crippen LogP contribution in [0.1, 0.15) is 25.0 Å². The third-order valence-electron chi connectivity index (χ3n) is 4.69. The van der Waals surface area contributed by atoms with Gasteiger partial charge in [-0.05, 0) is 56.2 Å². The molecule has 0 aromatic heterocycles. The summed E-state index contributed by atoms with van der Waals surface area (Å²) in [4.78, 5) is 15.4. The van der Waals surface area contributed by atoms with Gasteiger partial charge in [-0.2, -0.15) is 13.2 Å². The lowest BCUT2D eigenvalue weighted by atomic mass is 10.1. The Bertz CT molecular complexity index is 788. The second-order valence-corrected chi connectivity index (χ2v) is 7.21. The van der Waals surface area contributed by atoms with Crippen LogP contribution < -0.4 is 0 Å². The summed E-state index contributed by atoms with van der Waals surface area (Å²) in [5, 5.41) is 8.84. The molecule has 1 aromatic rings. The number of hydrogen-bond donors (Lipinski definition) is 1. The Hall–Kier alpha value is -2.80. The maximum absolute atomic E-state index is 12.5. The molecule has 1 saturated heterocycles. The second-order valence-electron chi connectivity index (χ2n) is 7.21. The predicted molar refractivity (Wildman–Crippen MR) is 119 cm³/mol. The highest BCUT2D eigenvalue weighted by molar-refractivity contribution is 5.87. The van der Waals surface area contributed by atoms with Crippen LogP contribution in [0, 0.1) is 0 Å². The molecule has 7 heteroatoms. The van der Waals surface area contributed by atoms with E-state index in [9.17, 15) is 18.0 Å². The Balaban J connectivity index is 0.000000452. The van der Waals surface area contributed by atoms with Crippen molar-refractivity contribution in [3.05, 3.63) is 84.2 Å². The molecule has 4 nitrogen and oxygen atoms in total. The Morgan fingerprint density at radius 1 is 1.13 bits per heavy atom. The first kappa shape index (κ1) is 26.2. The van der Waals surface area contributed by atoms with Crippen molar-refractivity contribution in [2.75, 3.05) is 32.7 Å². The molecular weight excluding hydrogens is 405 g/mol. The number of carbonyl (C=O) groups is 1. The number of benzene rings is 1. The number of hydrogen-bond acceptors (Lipinski definition) is 3. The van der Waals surface area contributed by atoms with Gasteiger partial charge in [0.25, 0.3) is 0 Å². The van der Waals surface area contributed by atoms with E-state index in [2.05, 4.69) is 18.1 Å². The fourth-order valence-corrected chi connectivity index (χ4v) is 2.79. The standard InChI is InChI=1S/C16H19F3N2O.C8H12O/c1-2-15(22)21-11-9-20(10-12-21)8-7-13-3-5-14(6-4-13)16(17,18)19;1-4-8(9)6-5-7(2)3/h2-6H,1,7-12H2;4-6,9H,2H2,1,3H3/b;6-5-,8-4+. The molecule has 170 valence electrons. The van der Waals surface area contributed by atoms with Gasteiger partial charge in [0.1, 0.15) is 5.76 Å². The van der Waals surface area contributed by atoms with Gasteiger partial charge in [-0.1, -0.05) is 36.9 Å². The van der Waals surface area contributed by atoms with Crippen molar-refractivity contribution >= 4 is 5.91 Å². The van der Waals surface area contributed by atoms with E-state index in [4.69, 9.17) is 5.11 Å². The van der Waals surface area contributed by atoms with Crippen LogP contribution in [0.3, 0.4) is 0 Å². The number of nitrogens with zero attached hydrogens (tertiary/aromatic N) is 2. The fourth-order valence-electron chi connectivity index (χ4n) is 2.79. The molecule has 2 rings (SSSR count). The summed E-state index contributed by atoms with van der Waals surface area (Å²) in [5.74, 6) is 0.223. The SMILES string of the molecule is C=C(C)/C=C\C(O)=C/C.C=CC(=O)N1CCN(CCc2ccc(C(F)(F)F)cc2)CC1. The Morgan fingerprint density at radius 2 is 1.71 bits per heavy atom. The number of piperazine rings is 1. The third kappa shape index (κ3) is 10.2. The smallest absolute Gasteiger partial charge is 0.416 e. The molecule has 1 heterocycles. The fraction of sp³-hybridized carbons (Fsp3) is 0.375. The van der Waals surface area contributed by atoms with Crippen LogP contribution in [0.5, 0.6) is 0 Å². The number of halogens is 3. The van der Waals surface area contributed by atoms with Crippen LogP contribution in [0.4, 0.5) is 13.2 Å². The predicted octanol–water partition coefficient (Wildman–Crippen LogP) is 5.16. The summed E-state index contributed by atoms with van der Waals surface area (Å²) in [6.07, 6.45) is 2.73. The van der Waals surface area contributed by atoms with E-state index in [1.807, 2.05) is 6.92 Å². The molecule has 0 atom stereocenters. The van der Waals surface area contributed by atoms with Crippen molar-refractivity contribution in [1.29, 1.82) is 0 Å². The molecule has 0 spiro atoms. The lowest BCUT2D eigenvalue weighted by molar-refractivity contribution is -0.137. The maximum atomic E-state index is 12.5. The Morgan fingerprint density at radius 3 is 2.16 bits per heavy atom. The molecule has 31 heavy (non-hydrogen) atoms. The monoisotopic (exact) mass is 436 g/mol. The largest absolute Gasteiger partial charge is 0.508 e.